The smallest absolute Gasteiger partial charge is 0.352 e. The zero-order chi connectivity index (χ0) is 25.8. The number of carbonyl (C=O) groups is 4. The quantitative estimate of drug-likeness (QED) is 0.159. The number of urea groups is 1. The highest BCUT2D eigenvalue weighted by atomic mass is 32.2. The number of hydrogen-bond acceptors (Lipinski definition) is 8. The van der Waals surface area contributed by atoms with Crippen molar-refractivity contribution in [2.45, 2.75) is 22.5 Å². The molecule has 0 aromatic carbocycles. The number of nitrogens with one attached hydrogen (secondary N) is 3. The molecule has 3 atom stereocenters. The topological polar surface area (TPSA) is 155 Å². The van der Waals surface area contributed by atoms with Crippen LogP contribution in [0.2, 0.25) is 0 Å². The molecule has 14 heteroatoms. The first kappa shape index (κ1) is 25.6. The molecule has 4 heterocycles. The minimum atomic E-state index is -1.25. The number of hydrogen-bond donors (Lipinski definition) is 4. The lowest BCUT2D eigenvalue weighted by atomic mass is 10.0. The van der Waals surface area contributed by atoms with E-state index < -0.39 is 41.3 Å². The van der Waals surface area contributed by atoms with Gasteiger partial charge in [0.05, 0.1) is 0 Å². The fourth-order valence-corrected chi connectivity index (χ4v) is 6.88. The number of β-lactam (4-membered cyclic amide) rings is 1. The van der Waals surface area contributed by atoms with E-state index >= 15 is 0 Å². The van der Waals surface area contributed by atoms with Crippen LogP contribution in [0.25, 0.3) is 0 Å². The maximum atomic E-state index is 13.1. The van der Waals surface area contributed by atoms with Crippen LogP contribution < -0.4 is 20.7 Å². The van der Waals surface area contributed by atoms with Crippen molar-refractivity contribution < 1.29 is 29.0 Å². The summed E-state index contributed by atoms with van der Waals surface area (Å²) in [5.41, 5.74) is 0.378. The van der Waals surface area contributed by atoms with Crippen LogP contribution >= 0.6 is 34.9 Å². The van der Waals surface area contributed by atoms with Gasteiger partial charge in [0.2, 0.25) is 5.91 Å². The Labute approximate surface area is 218 Å². The van der Waals surface area contributed by atoms with Gasteiger partial charge in [-0.2, -0.15) is 4.73 Å². The highest BCUT2D eigenvalue weighted by Crippen LogP contribution is 2.41. The van der Waals surface area contributed by atoms with Gasteiger partial charge in [-0.3, -0.25) is 14.5 Å². The number of nitrogens with zero attached hydrogens (tertiary/aromatic N) is 2. The van der Waals surface area contributed by atoms with E-state index in [1.807, 2.05) is 0 Å². The van der Waals surface area contributed by atoms with E-state index in [1.54, 1.807) is 35.7 Å². The molecule has 0 radical (unpaired) electrons. The molecule has 1 fully saturated rings. The van der Waals surface area contributed by atoms with Crippen molar-refractivity contribution in [3.8, 4) is 0 Å². The summed E-state index contributed by atoms with van der Waals surface area (Å²) in [6.45, 7) is 3.41. The summed E-state index contributed by atoms with van der Waals surface area (Å²) in [6, 6.07) is 5.71. The average molecular weight is 548 g/mol. The summed E-state index contributed by atoms with van der Waals surface area (Å²) in [4.78, 5) is 51.9. The molecule has 2 unspecified atom stereocenters. The van der Waals surface area contributed by atoms with Crippen molar-refractivity contribution in [3.63, 3.8) is 0 Å². The van der Waals surface area contributed by atoms with Crippen LogP contribution in [0.1, 0.15) is 10.9 Å². The van der Waals surface area contributed by atoms with Crippen molar-refractivity contribution in [1.29, 1.82) is 0 Å². The molecule has 2 aromatic rings. The lowest BCUT2D eigenvalue weighted by molar-refractivity contribution is -0.645. The molecule has 2 aliphatic heterocycles. The van der Waals surface area contributed by atoms with E-state index in [0.717, 1.165) is 0 Å². The number of thiophene rings is 1. The molecule has 0 aliphatic carbocycles. The predicted octanol–water partition coefficient (Wildman–Crippen LogP) is 1.40. The molecule has 4 N–H and O–H groups in total. The number of amides is 4. The molecule has 4 rings (SSSR count). The fraction of sp³-hybridized carbons (Fsp3) is 0.227. The largest absolute Gasteiger partial charge is 0.618 e. The Morgan fingerprint density at radius 3 is 2.81 bits per heavy atom. The summed E-state index contributed by atoms with van der Waals surface area (Å²) >= 11 is 3.77. The molecular weight excluding hydrogens is 526 g/mol. The summed E-state index contributed by atoms with van der Waals surface area (Å²) in [5.74, 6) is -1.87. The molecule has 188 valence electrons. The van der Waals surface area contributed by atoms with Gasteiger partial charge in [-0.25, -0.2) is 9.59 Å². The Hall–Kier alpha value is -3.49. The van der Waals surface area contributed by atoms with E-state index in [0.29, 0.717) is 26.0 Å². The fourth-order valence-electron chi connectivity index (χ4n) is 3.70. The number of fused-ring (bicyclic) bond motifs is 1. The second kappa shape index (κ2) is 11.1. The van der Waals surface area contributed by atoms with Gasteiger partial charge < -0.3 is 26.3 Å². The van der Waals surface area contributed by atoms with Crippen LogP contribution in [-0.4, -0.2) is 56.7 Å². The first-order valence-electron chi connectivity index (χ1n) is 10.5. The Morgan fingerprint density at radius 2 is 2.14 bits per heavy atom. The molecule has 0 bridgehead atoms. The Bertz CT molecular complexity index is 1230. The van der Waals surface area contributed by atoms with Gasteiger partial charge in [0.1, 0.15) is 23.2 Å². The molecule has 2 aromatic heterocycles. The summed E-state index contributed by atoms with van der Waals surface area (Å²) in [7, 11) is 0. The maximum absolute atomic E-state index is 13.1. The van der Waals surface area contributed by atoms with E-state index in [4.69, 9.17) is 0 Å². The molecule has 0 saturated carbocycles. The van der Waals surface area contributed by atoms with Gasteiger partial charge in [-0.1, -0.05) is 24.4 Å². The molecule has 36 heavy (non-hydrogen) atoms. The number of pyridine rings is 1. The molecule has 11 nitrogen and oxygen atoms in total. The van der Waals surface area contributed by atoms with Crippen LogP contribution in [0.5, 0.6) is 0 Å². The van der Waals surface area contributed by atoms with Gasteiger partial charge in [-0.05, 0) is 29.3 Å². The third-order valence-electron chi connectivity index (χ3n) is 5.33. The second-order valence-electron chi connectivity index (χ2n) is 7.58. The number of rotatable bonds is 9. The van der Waals surface area contributed by atoms with Crippen LogP contribution in [0.15, 0.2) is 71.0 Å². The average Bonchev–Trinajstić information content (AvgIpc) is 3.39. The molecule has 0 spiro atoms. The number of aromatic nitrogens is 1. The molecule has 1 saturated heterocycles. The van der Waals surface area contributed by atoms with Crippen LogP contribution in [0, 0.1) is 5.21 Å². The third kappa shape index (κ3) is 5.20. The van der Waals surface area contributed by atoms with Crippen LogP contribution in [0.4, 0.5) is 4.79 Å². The van der Waals surface area contributed by atoms with E-state index in [1.165, 1.54) is 52.2 Å². The van der Waals surface area contributed by atoms with E-state index in [-0.39, 0.29) is 11.4 Å². The van der Waals surface area contributed by atoms with Crippen LogP contribution in [-0.2, 0) is 14.4 Å². The predicted molar refractivity (Wildman–Crippen MR) is 135 cm³/mol. The summed E-state index contributed by atoms with van der Waals surface area (Å²) in [5, 5.41) is 30.9. The Kier molecular flexibility index (Phi) is 7.86. The maximum Gasteiger partial charge on any atom is 0.352 e. The standard InChI is InChI=1S/C22H21N5O6S3/c1-2-23-22(32)25-15(13-6-5-9-34-13)18(28)24-16-19(29)27-17(21(30)31)12(11-36-20(16)27)10-35-14-7-3-4-8-26(14)33/h2-9,15-16,20H,1,10-11H2,(H,24,28)(H,30,31)(H2,23,25,32)/t15?,16-,20?/m1/s1. The number of aliphatic carboxylic acids is 1. The minimum Gasteiger partial charge on any atom is -0.618 e. The highest BCUT2D eigenvalue weighted by Gasteiger charge is 2.54. The summed E-state index contributed by atoms with van der Waals surface area (Å²) in [6.07, 6.45) is 2.53. The van der Waals surface area contributed by atoms with Crippen molar-refractivity contribution >= 4 is 58.7 Å². The number of carboxylic acids is 1. The third-order valence-corrected chi connectivity index (χ3v) is 8.71. The molecular formula is C22H21N5O6S3. The van der Waals surface area contributed by atoms with E-state index in [9.17, 15) is 29.5 Å². The van der Waals surface area contributed by atoms with Crippen molar-refractivity contribution in [1.82, 2.24) is 20.9 Å². The zero-order valence-electron chi connectivity index (χ0n) is 18.6. The van der Waals surface area contributed by atoms with Gasteiger partial charge in [0.25, 0.3) is 10.9 Å². The van der Waals surface area contributed by atoms with Gasteiger partial charge in [-0.15, -0.1) is 23.1 Å². The number of carbonyl (C=O) groups excluding carboxylic acids is 3. The van der Waals surface area contributed by atoms with E-state index in [2.05, 4.69) is 22.5 Å². The summed E-state index contributed by atoms with van der Waals surface area (Å²) < 4.78 is 0.693. The number of thioether (sulfide) groups is 2. The minimum absolute atomic E-state index is 0.131. The second-order valence-corrected chi connectivity index (χ2v) is 10.7. The zero-order valence-corrected chi connectivity index (χ0v) is 21.0. The van der Waals surface area contributed by atoms with Crippen LogP contribution in [0.3, 0.4) is 0 Å². The number of carboxylic acid groups (broad SMARTS) is 1. The van der Waals surface area contributed by atoms with Gasteiger partial charge >= 0.3 is 12.0 Å². The van der Waals surface area contributed by atoms with Crippen molar-refractivity contribution in [2.75, 3.05) is 11.5 Å². The first-order valence-corrected chi connectivity index (χ1v) is 13.5. The van der Waals surface area contributed by atoms with Gasteiger partial charge in [0, 0.05) is 28.5 Å². The normalized spacial score (nSPS) is 19.6. The van der Waals surface area contributed by atoms with Gasteiger partial charge in [0.15, 0.2) is 6.20 Å². The SMILES string of the molecule is C=CNC(=O)NC(C(=O)N[C@@H]1C(=O)N2C(C(=O)O)=C(CSc3cccc[n+]3[O-])CSC12)c1cccs1. The molecule has 4 amide bonds. The lowest BCUT2D eigenvalue weighted by Gasteiger charge is -2.49. The van der Waals surface area contributed by atoms with Crippen molar-refractivity contribution in [3.05, 3.63) is 76.0 Å². The molecule has 2 aliphatic rings. The first-order chi connectivity index (χ1) is 17.3. The van der Waals surface area contributed by atoms with Crippen molar-refractivity contribution in [2.24, 2.45) is 0 Å². The lowest BCUT2D eigenvalue weighted by Crippen LogP contribution is -2.71. The highest BCUT2D eigenvalue weighted by molar-refractivity contribution is 8.01. The Balaban J connectivity index is 1.48. The Morgan fingerprint density at radius 1 is 1.33 bits per heavy atom. The monoisotopic (exact) mass is 547 g/mol.